The van der Waals surface area contributed by atoms with Gasteiger partial charge >= 0.3 is 0 Å². The van der Waals surface area contributed by atoms with Crippen LogP contribution >= 0.6 is 0 Å². The zero-order valence-corrected chi connectivity index (χ0v) is 10.6. The maximum Gasteiger partial charge on any atom is 0.0248 e. The Hall–Kier alpha value is -0.800. The third-order valence-corrected chi connectivity index (χ3v) is 3.54. The number of hydrogen-bond acceptors (Lipinski definition) is 2. The number of nitrogens with zero attached hydrogens (tertiary/aromatic N) is 1. The highest BCUT2D eigenvalue weighted by Crippen LogP contribution is 2.22. The van der Waals surface area contributed by atoms with Crippen LogP contribution < -0.4 is 5.32 Å². The molecule has 2 heterocycles. The number of aromatic nitrogens is 1. The zero-order valence-electron chi connectivity index (χ0n) is 10.6. The van der Waals surface area contributed by atoms with E-state index in [-0.39, 0.29) is 5.54 Å². The van der Waals surface area contributed by atoms with Gasteiger partial charge in [0.05, 0.1) is 0 Å². The van der Waals surface area contributed by atoms with E-state index in [1.54, 1.807) is 0 Å². The lowest BCUT2D eigenvalue weighted by molar-refractivity contribution is 0.138. The molecule has 3 nitrogen and oxygen atoms in total. The van der Waals surface area contributed by atoms with E-state index in [0.717, 1.165) is 13.1 Å². The van der Waals surface area contributed by atoms with Crippen LogP contribution in [0.4, 0.5) is 0 Å². The van der Waals surface area contributed by atoms with E-state index in [1.807, 2.05) is 6.20 Å². The molecule has 0 aromatic carbocycles. The molecule has 3 heteroatoms. The van der Waals surface area contributed by atoms with Crippen molar-refractivity contribution in [3.8, 4) is 0 Å². The molecule has 0 aliphatic carbocycles. The molecular formula is C13H23N3. The highest BCUT2D eigenvalue weighted by atomic mass is 15.1. The SMILES string of the molecule is CN(Cc1cc[nH]c1)C1CCNC(C)(C)C1. The van der Waals surface area contributed by atoms with Gasteiger partial charge in [0.2, 0.25) is 0 Å². The van der Waals surface area contributed by atoms with E-state index in [9.17, 15) is 0 Å². The van der Waals surface area contributed by atoms with Crippen LogP contribution in [0.25, 0.3) is 0 Å². The molecule has 0 spiro atoms. The van der Waals surface area contributed by atoms with E-state index in [2.05, 4.69) is 48.4 Å². The Balaban J connectivity index is 1.91. The molecule has 1 aromatic heterocycles. The second-order valence-electron chi connectivity index (χ2n) is 5.59. The Kier molecular flexibility index (Phi) is 3.36. The molecule has 16 heavy (non-hydrogen) atoms. The molecule has 1 unspecified atom stereocenters. The number of hydrogen-bond donors (Lipinski definition) is 2. The second-order valence-corrected chi connectivity index (χ2v) is 5.59. The first-order valence-electron chi connectivity index (χ1n) is 6.14. The van der Waals surface area contributed by atoms with Gasteiger partial charge in [-0.25, -0.2) is 0 Å². The van der Waals surface area contributed by atoms with Gasteiger partial charge in [-0.1, -0.05) is 0 Å². The number of H-pyrrole nitrogens is 1. The summed E-state index contributed by atoms with van der Waals surface area (Å²) in [7, 11) is 2.24. The summed E-state index contributed by atoms with van der Waals surface area (Å²) in [5.74, 6) is 0. The molecule has 0 amide bonds. The Morgan fingerprint density at radius 1 is 1.50 bits per heavy atom. The van der Waals surface area contributed by atoms with Crippen LogP contribution in [0.3, 0.4) is 0 Å². The normalized spacial score (nSPS) is 24.9. The predicted molar refractivity (Wildman–Crippen MR) is 67.4 cm³/mol. The Bertz CT molecular complexity index is 316. The lowest BCUT2D eigenvalue weighted by atomic mass is 9.88. The third-order valence-electron chi connectivity index (χ3n) is 3.54. The van der Waals surface area contributed by atoms with Gasteiger partial charge in [-0.05, 0) is 51.9 Å². The molecule has 1 atom stereocenters. The lowest BCUT2D eigenvalue weighted by Gasteiger charge is -2.40. The predicted octanol–water partition coefficient (Wildman–Crippen LogP) is 1.98. The quantitative estimate of drug-likeness (QED) is 0.817. The summed E-state index contributed by atoms with van der Waals surface area (Å²) in [6.07, 6.45) is 6.57. The van der Waals surface area contributed by atoms with E-state index >= 15 is 0 Å². The topological polar surface area (TPSA) is 31.1 Å². The summed E-state index contributed by atoms with van der Waals surface area (Å²) in [5, 5.41) is 3.57. The molecule has 90 valence electrons. The van der Waals surface area contributed by atoms with Crippen molar-refractivity contribution in [1.29, 1.82) is 0 Å². The fourth-order valence-electron chi connectivity index (χ4n) is 2.59. The first-order valence-corrected chi connectivity index (χ1v) is 6.14. The average Bonchev–Trinajstić information content (AvgIpc) is 2.69. The zero-order chi connectivity index (χ0) is 11.6. The lowest BCUT2D eigenvalue weighted by Crippen LogP contribution is -2.52. The van der Waals surface area contributed by atoms with Crippen molar-refractivity contribution < 1.29 is 0 Å². The van der Waals surface area contributed by atoms with Crippen molar-refractivity contribution in [2.45, 2.75) is 44.8 Å². The summed E-state index contributed by atoms with van der Waals surface area (Å²) in [4.78, 5) is 5.59. The van der Waals surface area contributed by atoms with Gasteiger partial charge < -0.3 is 10.3 Å². The fourth-order valence-corrected chi connectivity index (χ4v) is 2.59. The van der Waals surface area contributed by atoms with Crippen molar-refractivity contribution in [1.82, 2.24) is 15.2 Å². The molecule has 1 saturated heterocycles. The number of rotatable bonds is 3. The second kappa shape index (κ2) is 4.60. The largest absolute Gasteiger partial charge is 0.367 e. The van der Waals surface area contributed by atoms with Crippen LogP contribution in [0, 0.1) is 0 Å². The Labute approximate surface area is 98.2 Å². The van der Waals surface area contributed by atoms with Gasteiger partial charge in [0.1, 0.15) is 0 Å². The molecule has 1 aliphatic heterocycles. The molecule has 0 bridgehead atoms. The van der Waals surface area contributed by atoms with Crippen molar-refractivity contribution in [2.24, 2.45) is 0 Å². The minimum absolute atomic E-state index is 0.287. The molecule has 0 saturated carbocycles. The summed E-state index contributed by atoms with van der Waals surface area (Å²) in [6, 6.07) is 2.86. The van der Waals surface area contributed by atoms with Crippen LogP contribution in [0.15, 0.2) is 18.5 Å². The minimum Gasteiger partial charge on any atom is -0.367 e. The summed E-state index contributed by atoms with van der Waals surface area (Å²) >= 11 is 0. The molecule has 1 fully saturated rings. The summed E-state index contributed by atoms with van der Waals surface area (Å²) < 4.78 is 0. The maximum atomic E-state index is 3.57. The van der Waals surface area contributed by atoms with Gasteiger partial charge in [0.15, 0.2) is 0 Å². The van der Waals surface area contributed by atoms with Crippen LogP contribution in [-0.2, 0) is 6.54 Å². The first-order chi connectivity index (χ1) is 7.57. The molecule has 2 N–H and O–H groups in total. The number of piperidine rings is 1. The highest BCUT2D eigenvalue weighted by molar-refractivity contribution is 5.08. The standard InChI is InChI=1S/C13H23N3/c1-13(2)8-12(5-7-15-13)16(3)10-11-4-6-14-9-11/h4,6,9,12,14-15H,5,7-8,10H2,1-3H3. The van der Waals surface area contributed by atoms with E-state index < -0.39 is 0 Å². The van der Waals surface area contributed by atoms with Gasteiger partial charge in [-0.2, -0.15) is 0 Å². The van der Waals surface area contributed by atoms with Crippen LogP contribution in [0.5, 0.6) is 0 Å². The molecule has 1 aliphatic rings. The van der Waals surface area contributed by atoms with Crippen molar-refractivity contribution >= 4 is 0 Å². The monoisotopic (exact) mass is 221 g/mol. The van der Waals surface area contributed by atoms with Crippen molar-refractivity contribution in [3.05, 3.63) is 24.0 Å². The molecule has 1 aromatic rings. The maximum absolute atomic E-state index is 3.57. The number of aromatic amines is 1. The Morgan fingerprint density at radius 3 is 2.94 bits per heavy atom. The minimum atomic E-state index is 0.287. The number of nitrogens with one attached hydrogen (secondary N) is 2. The first kappa shape index (κ1) is 11.7. The highest BCUT2D eigenvalue weighted by Gasteiger charge is 2.29. The fraction of sp³-hybridized carbons (Fsp3) is 0.692. The van der Waals surface area contributed by atoms with E-state index in [4.69, 9.17) is 0 Å². The van der Waals surface area contributed by atoms with Crippen LogP contribution in [0.1, 0.15) is 32.3 Å². The third kappa shape index (κ3) is 2.86. The molecular weight excluding hydrogens is 198 g/mol. The van der Waals surface area contributed by atoms with Crippen molar-refractivity contribution in [3.63, 3.8) is 0 Å². The Morgan fingerprint density at radius 2 is 2.31 bits per heavy atom. The molecule has 0 radical (unpaired) electrons. The van der Waals surface area contributed by atoms with Gasteiger partial charge in [-0.15, -0.1) is 0 Å². The van der Waals surface area contributed by atoms with Crippen LogP contribution in [-0.4, -0.2) is 35.1 Å². The van der Waals surface area contributed by atoms with Gasteiger partial charge in [-0.3, -0.25) is 4.90 Å². The van der Waals surface area contributed by atoms with Crippen molar-refractivity contribution in [2.75, 3.05) is 13.6 Å². The van der Waals surface area contributed by atoms with E-state index in [1.165, 1.54) is 18.4 Å². The molecule has 2 rings (SSSR count). The van der Waals surface area contributed by atoms with Gasteiger partial charge in [0.25, 0.3) is 0 Å². The smallest absolute Gasteiger partial charge is 0.0248 e. The van der Waals surface area contributed by atoms with Gasteiger partial charge in [0, 0.05) is 30.5 Å². The summed E-state index contributed by atoms with van der Waals surface area (Å²) in [5.41, 5.74) is 1.66. The summed E-state index contributed by atoms with van der Waals surface area (Å²) in [6.45, 7) is 6.77. The average molecular weight is 221 g/mol. The van der Waals surface area contributed by atoms with Crippen LogP contribution in [0.2, 0.25) is 0 Å². The van der Waals surface area contributed by atoms with E-state index in [0.29, 0.717) is 6.04 Å².